The van der Waals surface area contributed by atoms with Crippen LogP contribution in [-0.2, 0) is 10.0 Å². The first-order chi connectivity index (χ1) is 7.23. The number of nitrogens with zero attached hydrogens (tertiary/aromatic N) is 1. The van der Waals surface area contributed by atoms with Gasteiger partial charge in [0.05, 0.1) is 5.75 Å². The van der Waals surface area contributed by atoms with Crippen LogP contribution in [0.2, 0.25) is 0 Å². The van der Waals surface area contributed by atoms with Crippen molar-refractivity contribution in [1.82, 2.24) is 9.62 Å². The third-order valence-electron chi connectivity index (χ3n) is 3.31. The Kier molecular flexibility index (Phi) is 4.37. The van der Waals surface area contributed by atoms with Crippen LogP contribution in [0.1, 0.15) is 34.1 Å². The van der Waals surface area contributed by atoms with E-state index >= 15 is 0 Å². The molecule has 96 valence electrons. The Hall–Kier alpha value is -0.130. The maximum absolute atomic E-state index is 11.5. The van der Waals surface area contributed by atoms with Crippen molar-refractivity contribution in [2.75, 3.05) is 25.4 Å². The molecule has 1 unspecified atom stereocenters. The average molecular weight is 248 g/mol. The zero-order chi connectivity index (χ0) is 12.4. The summed E-state index contributed by atoms with van der Waals surface area (Å²) in [6.07, 6.45) is 0.775. The Balaban J connectivity index is 2.31. The van der Waals surface area contributed by atoms with Gasteiger partial charge in [-0.1, -0.05) is 20.8 Å². The van der Waals surface area contributed by atoms with Gasteiger partial charge in [-0.15, -0.1) is 0 Å². The van der Waals surface area contributed by atoms with Gasteiger partial charge in [0.15, 0.2) is 0 Å². The molecule has 5 heteroatoms. The number of hydrogen-bond donors (Lipinski definition) is 1. The van der Waals surface area contributed by atoms with E-state index in [-0.39, 0.29) is 5.41 Å². The first-order valence-corrected chi connectivity index (χ1v) is 7.55. The molecule has 0 aromatic rings. The maximum Gasteiger partial charge on any atom is 0.214 e. The average Bonchev–Trinajstić information content (AvgIpc) is 2.44. The summed E-state index contributed by atoms with van der Waals surface area (Å²) in [4.78, 5) is 0. The molecule has 1 atom stereocenters. The number of sulfonamides is 1. The highest BCUT2D eigenvalue weighted by molar-refractivity contribution is 7.89. The minimum Gasteiger partial charge on any atom is -0.312 e. The molecular weight excluding hydrogens is 224 g/mol. The molecule has 1 saturated heterocycles. The first-order valence-electron chi connectivity index (χ1n) is 5.95. The van der Waals surface area contributed by atoms with E-state index in [4.69, 9.17) is 0 Å². The van der Waals surface area contributed by atoms with Crippen LogP contribution in [0.25, 0.3) is 0 Å². The lowest BCUT2D eigenvalue weighted by molar-refractivity contribution is 0.280. The fraction of sp³-hybridized carbons (Fsp3) is 1.00. The molecule has 0 bridgehead atoms. The lowest BCUT2D eigenvalue weighted by atomic mass is 9.88. The summed E-state index contributed by atoms with van der Waals surface area (Å²) < 4.78 is 24.7. The third kappa shape index (κ3) is 3.71. The molecule has 0 radical (unpaired) electrons. The van der Waals surface area contributed by atoms with Gasteiger partial charge in [0.25, 0.3) is 0 Å². The van der Waals surface area contributed by atoms with E-state index < -0.39 is 10.0 Å². The summed E-state index contributed by atoms with van der Waals surface area (Å²) in [5.74, 6) is 0.321. The van der Waals surface area contributed by atoms with Crippen molar-refractivity contribution >= 4 is 10.0 Å². The standard InChI is InChI=1S/C11H24N2O2S/c1-10(11(2,3)4)12-6-8-13-7-5-9-16(13,14)15/h10,12H,5-9H2,1-4H3. The topological polar surface area (TPSA) is 49.4 Å². The lowest BCUT2D eigenvalue weighted by Crippen LogP contribution is -2.42. The van der Waals surface area contributed by atoms with E-state index in [1.165, 1.54) is 0 Å². The normalized spacial score (nSPS) is 23.5. The molecule has 1 aliphatic rings. The summed E-state index contributed by atoms with van der Waals surface area (Å²) >= 11 is 0. The number of hydrogen-bond acceptors (Lipinski definition) is 3. The predicted molar refractivity (Wildman–Crippen MR) is 66.9 cm³/mol. The minimum atomic E-state index is -2.93. The third-order valence-corrected chi connectivity index (χ3v) is 5.27. The minimum absolute atomic E-state index is 0.212. The SMILES string of the molecule is CC(NCCN1CCCS1(=O)=O)C(C)(C)C. The van der Waals surface area contributed by atoms with Gasteiger partial charge in [0, 0.05) is 25.7 Å². The van der Waals surface area contributed by atoms with Crippen molar-refractivity contribution in [1.29, 1.82) is 0 Å². The highest BCUT2D eigenvalue weighted by atomic mass is 32.2. The van der Waals surface area contributed by atoms with E-state index in [9.17, 15) is 8.42 Å². The zero-order valence-corrected chi connectivity index (χ0v) is 11.6. The fourth-order valence-corrected chi connectivity index (χ4v) is 3.18. The number of nitrogens with one attached hydrogen (secondary N) is 1. The summed E-state index contributed by atoms with van der Waals surface area (Å²) in [5.41, 5.74) is 0.212. The Labute approximate surface area is 99.5 Å². The Morgan fingerprint density at radius 3 is 2.44 bits per heavy atom. The molecular formula is C11H24N2O2S. The first kappa shape index (κ1) is 13.9. The van der Waals surface area contributed by atoms with Crippen molar-refractivity contribution in [3.8, 4) is 0 Å². The van der Waals surface area contributed by atoms with Crippen LogP contribution in [0.5, 0.6) is 0 Å². The largest absolute Gasteiger partial charge is 0.312 e. The van der Waals surface area contributed by atoms with Gasteiger partial charge in [-0.05, 0) is 18.8 Å². The molecule has 0 amide bonds. The van der Waals surface area contributed by atoms with Crippen molar-refractivity contribution < 1.29 is 8.42 Å². The van der Waals surface area contributed by atoms with Crippen molar-refractivity contribution in [3.05, 3.63) is 0 Å². The Morgan fingerprint density at radius 1 is 1.38 bits per heavy atom. The van der Waals surface area contributed by atoms with Crippen LogP contribution in [0.4, 0.5) is 0 Å². The van der Waals surface area contributed by atoms with Gasteiger partial charge in [-0.3, -0.25) is 0 Å². The van der Waals surface area contributed by atoms with Crippen molar-refractivity contribution in [2.45, 2.75) is 40.2 Å². The molecule has 0 aromatic heterocycles. The van der Waals surface area contributed by atoms with Gasteiger partial charge in [0.1, 0.15) is 0 Å². The van der Waals surface area contributed by atoms with Gasteiger partial charge >= 0.3 is 0 Å². The maximum atomic E-state index is 11.5. The number of rotatable bonds is 4. The quantitative estimate of drug-likeness (QED) is 0.809. The fourth-order valence-electron chi connectivity index (χ4n) is 1.65. The van der Waals surface area contributed by atoms with E-state index in [0.717, 1.165) is 13.0 Å². The molecule has 0 aliphatic carbocycles. The van der Waals surface area contributed by atoms with Crippen LogP contribution in [0.3, 0.4) is 0 Å². The monoisotopic (exact) mass is 248 g/mol. The second-order valence-electron chi connectivity index (χ2n) is 5.61. The summed E-state index contributed by atoms with van der Waals surface area (Å²) in [7, 11) is -2.93. The van der Waals surface area contributed by atoms with Crippen LogP contribution in [0.15, 0.2) is 0 Å². The Bertz CT molecular complexity index is 319. The molecule has 0 aromatic carbocycles. The van der Waals surface area contributed by atoms with E-state index in [2.05, 4.69) is 33.0 Å². The highest BCUT2D eigenvalue weighted by Gasteiger charge is 2.28. The summed E-state index contributed by atoms with van der Waals surface area (Å²) in [5, 5.41) is 3.38. The zero-order valence-electron chi connectivity index (χ0n) is 10.8. The highest BCUT2D eigenvalue weighted by Crippen LogP contribution is 2.18. The van der Waals surface area contributed by atoms with E-state index in [0.29, 0.717) is 24.9 Å². The van der Waals surface area contributed by atoms with Gasteiger partial charge < -0.3 is 5.32 Å². The lowest BCUT2D eigenvalue weighted by Gasteiger charge is -2.28. The van der Waals surface area contributed by atoms with Gasteiger partial charge in [0.2, 0.25) is 10.0 Å². The Morgan fingerprint density at radius 2 is 2.00 bits per heavy atom. The van der Waals surface area contributed by atoms with Gasteiger partial charge in [-0.2, -0.15) is 0 Å². The van der Waals surface area contributed by atoms with Crippen molar-refractivity contribution in [2.24, 2.45) is 5.41 Å². The van der Waals surface area contributed by atoms with Crippen molar-refractivity contribution in [3.63, 3.8) is 0 Å². The van der Waals surface area contributed by atoms with Crippen LogP contribution in [-0.4, -0.2) is 44.2 Å². The summed E-state index contributed by atoms with van der Waals surface area (Å²) in [6.45, 7) is 10.7. The second-order valence-corrected chi connectivity index (χ2v) is 7.70. The predicted octanol–water partition coefficient (Wildman–Crippen LogP) is 1.05. The molecule has 1 aliphatic heterocycles. The van der Waals surface area contributed by atoms with Gasteiger partial charge in [-0.25, -0.2) is 12.7 Å². The molecule has 4 nitrogen and oxygen atoms in total. The molecule has 1 fully saturated rings. The molecule has 0 saturated carbocycles. The molecule has 16 heavy (non-hydrogen) atoms. The summed E-state index contributed by atoms with van der Waals surface area (Å²) in [6, 6.07) is 0.387. The van der Waals surface area contributed by atoms with Crippen LogP contribution >= 0.6 is 0 Å². The molecule has 1 N–H and O–H groups in total. The van der Waals surface area contributed by atoms with Crippen LogP contribution in [0, 0.1) is 5.41 Å². The molecule has 0 spiro atoms. The van der Waals surface area contributed by atoms with E-state index in [1.54, 1.807) is 4.31 Å². The smallest absolute Gasteiger partial charge is 0.214 e. The van der Waals surface area contributed by atoms with Crippen LogP contribution < -0.4 is 5.32 Å². The second kappa shape index (κ2) is 5.02. The molecule has 1 rings (SSSR count). The molecule has 1 heterocycles. The van der Waals surface area contributed by atoms with E-state index in [1.807, 2.05) is 0 Å².